The molecule has 22 N–H and O–H groups in total. The van der Waals surface area contributed by atoms with Gasteiger partial charge in [-0.15, -0.1) is 0 Å². The smallest absolute Gasteiger partial charge is 0.326 e. The van der Waals surface area contributed by atoms with E-state index in [0.29, 0.717) is 12.8 Å². The van der Waals surface area contributed by atoms with Crippen LogP contribution in [0.15, 0.2) is 0 Å². The van der Waals surface area contributed by atoms with Crippen LogP contribution in [0.3, 0.4) is 0 Å². The van der Waals surface area contributed by atoms with Gasteiger partial charge < -0.3 is 101 Å². The van der Waals surface area contributed by atoms with E-state index in [1.54, 1.807) is 62.3 Å². The molecule has 12 amide bonds. The quantitative estimate of drug-likeness (QED) is 0.0255. The van der Waals surface area contributed by atoms with Crippen molar-refractivity contribution in [3.8, 4) is 0 Å². The van der Waals surface area contributed by atoms with Crippen molar-refractivity contribution >= 4 is 94.8 Å². The zero-order valence-electron chi connectivity index (χ0n) is 54.7. The lowest BCUT2D eigenvalue weighted by molar-refractivity contribution is -0.143. The Kier molecular flexibility index (Phi) is 38.6. The number of aliphatic hydroxyl groups is 1. The van der Waals surface area contributed by atoms with Crippen molar-refractivity contribution in [3.05, 3.63) is 0 Å². The SMILES string of the molecule is CC[C@H](C)[C@H](NC(=O)[C@H](CO)NC(=O)[C@H](CC(=O)O)NC(=O)[C@H](CC(C)C)NC(=O)[C@H](CC(=O)O)NC(=O)[C@H](CC(C)C)NC(=O)[C@@H](N)CC(N)=O)C(=O)N[C@H](C(=O)N[C@@H](C)C(=O)N[C@@H](CCC(=O)O)C(=O)N[C@H](C(=O)N[C@@H](CCCCN)C(=O)O)C(C)C)[C@@H](C)CC. The van der Waals surface area contributed by atoms with Gasteiger partial charge in [0.1, 0.15) is 66.5 Å². The minimum atomic E-state index is -2.05. The number of hydrogen-bond donors (Lipinski definition) is 19. The first-order valence-corrected chi connectivity index (χ1v) is 30.8. The Labute approximate surface area is 539 Å². The van der Waals surface area contributed by atoms with Crippen LogP contribution in [0.5, 0.6) is 0 Å². The van der Waals surface area contributed by atoms with Crippen LogP contribution in [-0.2, 0) is 76.7 Å². The summed E-state index contributed by atoms with van der Waals surface area (Å²) in [5.41, 5.74) is 16.4. The van der Waals surface area contributed by atoms with E-state index in [1.165, 1.54) is 13.8 Å². The van der Waals surface area contributed by atoms with E-state index in [4.69, 9.17) is 17.2 Å². The number of primary amides is 1. The molecule has 35 nitrogen and oxygen atoms in total. The van der Waals surface area contributed by atoms with Crippen LogP contribution in [0.1, 0.15) is 153 Å². The first-order valence-electron chi connectivity index (χ1n) is 30.8. The van der Waals surface area contributed by atoms with Gasteiger partial charge in [-0.1, -0.05) is 82.1 Å². The van der Waals surface area contributed by atoms with E-state index < -0.39 is 230 Å². The van der Waals surface area contributed by atoms with Crippen LogP contribution in [0.2, 0.25) is 0 Å². The Hall–Kier alpha value is -8.60. The third kappa shape index (κ3) is 32.0. The third-order valence-corrected chi connectivity index (χ3v) is 14.7. The molecule has 93 heavy (non-hydrogen) atoms. The highest BCUT2D eigenvalue weighted by atomic mass is 16.4. The molecule has 0 saturated heterocycles. The summed E-state index contributed by atoms with van der Waals surface area (Å²) in [7, 11) is 0. The summed E-state index contributed by atoms with van der Waals surface area (Å²) in [5, 5.41) is 75.0. The van der Waals surface area contributed by atoms with E-state index in [1.807, 2.05) is 0 Å². The highest BCUT2D eigenvalue weighted by molar-refractivity contribution is 6.00. The van der Waals surface area contributed by atoms with Crippen molar-refractivity contribution in [2.75, 3.05) is 13.2 Å². The Morgan fingerprint density at radius 3 is 1.15 bits per heavy atom. The van der Waals surface area contributed by atoms with Crippen LogP contribution in [0.4, 0.5) is 0 Å². The van der Waals surface area contributed by atoms with E-state index in [0.717, 1.165) is 0 Å². The van der Waals surface area contributed by atoms with Gasteiger partial charge in [0.05, 0.1) is 31.9 Å². The van der Waals surface area contributed by atoms with Crippen LogP contribution < -0.4 is 75.7 Å². The minimum Gasteiger partial charge on any atom is -0.481 e. The number of hydrogen-bond acceptors (Lipinski definition) is 19. The molecule has 14 atom stereocenters. The second-order valence-electron chi connectivity index (χ2n) is 24.1. The Morgan fingerprint density at radius 2 is 0.753 bits per heavy atom. The lowest BCUT2D eigenvalue weighted by atomic mass is 9.94. The molecule has 0 fully saturated rings. The first-order chi connectivity index (χ1) is 43.2. The number of carbonyl (C=O) groups excluding carboxylic acids is 12. The maximum Gasteiger partial charge on any atom is 0.326 e. The molecule has 0 aliphatic rings. The average Bonchev–Trinajstić information content (AvgIpc) is 0.958. The summed E-state index contributed by atoms with van der Waals surface area (Å²) in [6, 6.07) is -19.2. The summed E-state index contributed by atoms with van der Waals surface area (Å²) < 4.78 is 0. The van der Waals surface area contributed by atoms with Crippen molar-refractivity contribution in [2.24, 2.45) is 46.8 Å². The molecule has 0 unspecified atom stereocenters. The van der Waals surface area contributed by atoms with Crippen LogP contribution in [-0.4, -0.2) is 206 Å². The summed E-state index contributed by atoms with van der Waals surface area (Å²) in [4.78, 5) is 210. The number of carboxylic acid groups (broad SMARTS) is 4. The van der Waals surface area contributed by atoms with Gasteiger partial charge in [0.2, 0.25) is 70.9 Å². The molecule has 0 spiro atoms. The molecule has 35 heteroatoms. The standard InChI is InChI=1S/C58H100N14O21/c1-12-29(9)45(56(90)62-31(11)47(81)63-33(17-18-41(75)76)49(83)70-44(28(7)8)55(89)64-34(58(92)93)16-14-15-19-59)72-57(91)46(30(10)13-2)71-54(88)39(25-73)69-53(87)38(24-43(79)80)68-51(85)36(21-27(5)6)66-52(86)37(23-42(77)78)67-50(84)35(20-26(3)4)65-48(82)32(60)22-40(61)74/h26-39,44-46,73H,12-25,59-60H2,1-11H3,(H2,61,74)(H,62,90)(H,63,81)(H,64,89)(H,65,82)(H,66,86)(H,67,84)(H,68,85)(H,69,87)(H,70,83)(H,71,88)(H,72,91)(H,75,76)(H,77,78)(H,79,80)(H,92,93)/t29-,30-,31-,32-,33-,34-,35-,36-,37-,38-,39-,44-,45-,46-/m0/s1. The summed E-state index contributed by atoms with van der Waals surface area (Å²) in [6.45, 7) is 16.4. The monoisotopic (exact) mass is 1330 g/mol. The highest BCUT2D eigenvalue weighted by Gasteiger charge is 2.39. The lowest BCUT2D eigenvalue weighted by Crippen LogP contribution is -2.62. The zero-order chi connectivity index (χ0) is 71.7. The maximum atomic E-state index is 14.2. The predicted octanol–water partition coefficient (Wildman–Crippen LogP) is -4.60. The maximum absolute atomic E-state index is 14.2. The van der Waals surface area contributed by atoms with Gasteiger partial charge in [-0.3, -0.25) is 71.9 Å². The fraction of sp³-hybridized carbons (Fsp3) is 0.724. The van der Waals surface area contributed by atoms with Crippen LogP contribution in [0.25, 0.3) is 0 Å². The van der Waals surface area contributed by atoms with E-state index in [-0.39, 0.29) is 44.6 Å². The Balaban J connectivity index is 6.66. The zero-order valence-corrected chi connectivity index (χ0v) is 54.7. The molecule has 528 valence electrons. The fourth-order valence-corrected chi connectivity index (χ4v) is 8.95. The second-order valence-corrected chi connectivity index (χ2v) is 24.1. The molecule has 0 saturated carbocycles. The molecule has 0 heterocycles. The van der Waals surface area contributed by atoms with Gasteiger partial charge in [0.25, 0.3) is 0 Å². The van der Waals surface area contributed by atoms with Crippen LogP contribution >= 0.6 is 0 Å². The molecule has 0 aromatic rings. The van der Waals surface area contributed by atoms with Crippen molar-refractivity contribution in [1.29, 1.82) is 0 Å². The largest absolute Gasteiger partial charge is 0.481 e. The van der Waals surface area contributed by atoms with Crippen LogP contribution in [0, 0.1) is 29.6 Å². The number of amides is 12. The number of unbranched alkanes of at least 4 members (excludes halogenated alkanes) is 1. The van der Waals surface area contributed by atoms with E-state index >= 15 is 0 Å². The highest BCUT2D eigenvalue weighted by Crippen LogP contribution is 2.16. The Morgan fingerprint density at radius 1 is 0.387 bits per heavy atom. The molecular formula is C58H100N14O21. The minimum absolute atomic E-state index is 0.0340. The third-order valence-electron chi connectivity index (χ3n) is 14.7. The van der Waals surface area contributed by atoms with Gasteiger partial charge in [-0.2, -0.15) is 0 Å². The van der Waals surface area contributed by atoms with Crippen molar-refractivity contribution in [2.45, 2.75) is 226 Å². The van der Waals surface area contributed by atoms with E-state index in [2.05, 4.69) is 58.5 Å². The number of aliphatic hydroxyl groups excluding tert-OH is 1. The molecule has 0 aliphatic heterocycles. The molecule has 0 rings (SSSR count). The lowest BCUT2D eigenvalue weighted by Gasteiger charge is -2.31. The van der Waals surface area contributed by atoms with Crippen molar-refractivity contribution < 1.29 is 102 Å². The predicted molar refractivity (Wildman–Crippen MR) is 330 cm³/mol. The van der Waals surface area contributed by atoms with Crippen molar-refractivity contribution in [3.63, 3.8) is 0 Å². The number of nitrogens with two attached hydrogens (primary N) is 3. The summed E-state index contributed by atoms with van der Waals surface area (Å²) in [6.07, 6.45) is -2.93. The summed E-state index contributed by atoms with van der Waals surface area (Å²) in [5.74, 6) is -21.5. The number of aliphatic carboxylic acids is 4. The molecule has 0 aromatic heterocycles. The summed E-state index contributed by atoms with van der Waals surface area (Å²) >= 11 is 0. The number of rotatable bonds is 46. The van der Waals surface area contributed by atoms with Gasteiger partial charge in [-0.05, 0) is 81.6 Å². The molecular weight excluding hydrogens is 1230 g/mol. The topological polar surface area (TPSA) is 585 Å². The van der Waals surface area contributed by atoms with Gasteiger partial charge >= 0.3 is 23.9 Å². The van der Waals surface area contributed by atoms with Gasteiger partial charge in [0, 0.05) is 6.42 Å². The normalized spacial score (nSPS) is 15.8. The number of nitrogens with one attached hydrogen (secondary N) is 11. The second kappa shape index (κ2) is 42.5. The molecule has 0 bridgehead atoms. The molecule has 0 aliphatic carbocycles. The van der Waals surface area contributed by atoms with E-state index in [9.17, 15) is 102 Å². The molecule has 0 radical (unpaired) electrons. The number of carbonyl (C=O) groups is 16. The number of carboxylic acids is 4. The van der Waals surface area contributed by atoms with Gasteiger partial charge in [-0.25, -0.2) is 4.79 Å². The van der Waals surface area contributed by atoms with Gasteiger partial charge in [0.15, 0.2) is 0 Å². The Bertz CT molecular complexity index is 2610. The fourth-order valence-electron chi connectivity index (χ4n) is 8.95. The average molecular weight is 1330 g/mol. The van der Waals surface area contributed by atoms with Crippen molar-refractivity contribution in [1.82, 2.24) is 58.5 Å². The first kappa shape index (κ1) is 84.4. The molecule has 0 aromatic carbocycles.